The second-order valence-electron chi connectivity index (χ2n) is 8.90. The number of hydrogen-bond donors (Lipinski definition) is 2. The summed E-state index contributed by atoms with van der Waals surface area (Å²) in [7, 11) is 0. The van der Waals surface area contributed by atoms with Gasteiger partial charge in [-0.2, -0.15) is 0 Å². The number of thiophene rings is 1. The topological polar surface area (TPSA) is 87.7 Å². The molecule has 2 N–H and O–H groups in total. The summed E-state index contributed by atoms with van der Waals surface area (Å²) in [6.07, 6.45) is -1.68. The molecular weight excluding hydrogens is 524 g/mol. The molecular formula is C29H23F2N3O4S. The van der Waals surface area contributed by atoms with Crippen molar-refractivity contribution in [2.24, 2.45) is 0 Å². The molecule has 198 valence electrons. The Hall–Kier alpha value is -4.57. The molecule has 7 nitrogen and oxygen atoms in total. The van der Waals surface area contributed by atoms with Crippen molar-refractivity contribution in [1.29, 1.82) is 0 Å². The highest BCUT2D eigenvalue weighted by Gasteiger charge is 2.47. The lowest BCUT2D eigenvalue weighted by atomic mass is 10.00. The monoisotopic (exact) mass is 547 g/mol. The number of nitrogens with zero attached hydrogens (tertiary/aromatic N) is 1. The van der Waals surface area contributed by atoms with Gasteiger partial charge >= 0.3 is 6.09 Å². The molecule has 0 bridgehead atoms. The van der Waals surface area contributed by atoms with Crippen molar-refractivity contribution in [2.45, 2.75) is 25.2 Å². The highest BCUT2D eigenvalue weighted by Crippen LogP contribution is 2.34. The maximum Gasteiger partial charge on any atom is 0.411 e. The largest absolute Gasteiger partial charge is 0.438 e. The van der Waals surface area contributed by atoms with Crippen LogP contribution in [0.3, 0.4) is 0 Å². The van der Waals surface area contributed by atoms with Crippen LogP contribution in [0.15, 0.2) is 90.3 Å². The Kier molecular flexibility index (Phi) is 7.64. The van der Waals surface area contributed by atoms with Gasteiger partial charge in [0.1, 0.15) is 11.6 Å². The average molecular weight is 548 g/mol. The molecule has 5 rings (SSSR count). The van der Waals surface area contributed by atoms with Crippen LogP contribution < -0.4 is 10.6 Å². The summed E-state index contributed by atoms with van der Waals surface area (Å²) in [5, 5.41) is 7.41. The molecule has 10 heteroatoms. The number of hydrogen-bond acceptors (Lipinski definition) is 5. The molecule has 4 aromatic rings. The van der Waals surface area contributed by atoms with Gasteiger partial charge in [-0.1, -0.05) is 42.5 Å². The zero-order valence-corrected chi connectivity index (χ0v) is 21.3. The quantitative estimate of drug-likeness (QED) is 0.298. The third-order valence-corrected chi connectivity index (χ3v) is 7.09. The SMILES string of the molecule is O=C(Nc1ccc([C@@H]2OC(=O)N(Cc3cccc(F)c3)[C@H]2C(=O)NCc2ccc(F)cc2)cc1)c1cccs1. The summed E-state index contributed by atoms with van der Waals surface area (Å²) in [6.45, 7) is 0.0642. The van der Waals surface area contributed by atoms with E-state index in [1.165, 1.54) is 46.6 Å². The van der Waals surface area contributed by atoms with Crippen molar-refractivity contribution in [1.82, 2.24) is 10.2 Å². The van der Waals surface area contributed by atoms with E-state index in [0.717, 1.165) is 0 Å². The molecule has 0 unspecified atom stereocenters. The molecule has 39 heavy (non-hydrogen) atoms. The van der Waals surface area contributed by atoms with Gasteiger partial charge in [-0.05, 0) is 64.5 Å². The molecule has 1 fully saturated rings. The number of carbonyl (C=O) groups excluding carboxylic acids is 3. The van der Waals surface area contributed by atoms with E-state index in [2.05, 4.69) is 10.6 Å². The predicted molar refractivity (Wildman–Crippen MR) is 142 cm³/mol. The lowest BCUT2D eigenvalue weighted by molar-refractivity contribution is -0.126. The van der Waals surface area contributed by atoms with Gasteiger partial charge in [0.05, 0.1) is 11.4 Å². The zero-order chi connectivity index (χ0) is 27.4. The van der Waals surface area contributed by atoms with E-state index in [1.807, 2.05) is 5.38 Å². The molecule has 1 saturated heterocycles. The summed E-state index contributed by atoms with van der Waals surface area (Å²) in [4.78, 5) is 40.6. The van der Waals surface area contributed by atoms with E-state index in [9.17, 15) is 23.2 Å². The van der Waals surface area contributed by atoms with E-state index in [0.29, 0.717) is 27.3 Å². The highest BCUT2D eigenvalue weighted by atomic mass is 32.1. The summed E-state index contributed by atoms with van der Waals surface area (Å²) in [5.41, 5.74) is 2.25. The van der Waals surface area contributed by atoms with Crippen LogP contribution in [0.25, 0.3) is 0 Å². The standard InChI is InChI=1S/C29H23F2N3O4S/c30-21-10-6-18(7-11-21)16-32-28(36)25-26(38-29(37)34(25)17-19-3-1-4-22(31)15-19)20-8-12-23(13-9-20)33-27(35)24-5-2-14-39-24/h1-15,25-26H,16-17H2,(H,32,36)(H,33,35)/t25-,26+/m1/s1. The number of halogens is 2. The minimum Gasteiger partial charge on any atom is -0.438 e. The van der Waals surface area contributed by atoms with Gasteiger partial charge in [-0.3, -0.25) is 14.5 Å². The first-order valence-electron chi connectivity index (χ1n) is 12.1. The van der Waals surface area contributed by atoms with Crippen molar-refractivity contribution in [2.75, 3.05) is 5.32 Å². The molecule has 1 aliphatic heterocycles. The molecule has 3 aromatic carbocycles. The minimum absolute atomic E-state index is 0.0450. The predicted octanol–water partition coefficient (Wildman–Crippen LogP) is 5.66. The average Bonchev–Trinajstić information content (AvgIpc) is 3.58. The first-order valence-corrected chi connectivity index (χ1v) is 12.9. The first-order chi connectivity index (χ1) is 18.9. The Morgan fingerprint density at radius 2 is 1.67 bits per heavy atom. The number of ether oxygens (including phenoxy) is 1. The number of carbonyl (C=O) groups is 3. The third-order valence-electron chi connectivity index (χ3n) is 6.22. The van der Waals surface area contributed by atoms with Crippen LogP contribution in [0.1, 0.15) is 32.5 Å². The Morgan fingerprint density at radius 3 is 2.36 bits per heavy atom. The molecule has 1 aromatic heterocycles. The maximum absolute atomic E-state index is 13.8. The van der Waals surface area contributed by atoms with Crippen LogP contribution in [-0.2, 0) is 22.6 Å². The van der Waals surface area contributed by atoms with Crippen molar-refractivity contribution in [3.8, 4) is 0 Å². The fraction of sp³-hybridized carbons (Fsp3) is 0.138. The van der Waals surface area contributed by atoms with Crippen molar-refractivity contribution in [3.63, 3.8) is 0 Å². The van der Waals surface area contributed by atoms with Crippen LogP contribution in [0, 0.1) is 11.6 Å². The van der Waals surface area contributed by atoms with Crippen LogP contribution in [0.4, 0.5) is 19.3 Å². The third kappa shape index (κ3) is 6.12. The number of cyclic esters (lactones) is 1. The van der Waals surface area contributed by atoms with Gasteiger partial charge in [0.2, 0.25) is 5.91 Å². The fourth-order valence-electron chi connectivity index (χ4n) is 4.29. The summed E-state index contributed by atoms with van der Waals surface area (Å²) in [5.74, 6) is -1.59. The Morgan fingerprint density at radius 1 is 0.897 bits per heavy atom. The van der Waals surface area contributed by atoms with Crippen LogP contribution in [0.2, 0.25) is 0 Å². The molecule has 0 saturated carbocycles. The van der Waals surface area contributed by atoms with Crippen molar-refractivity contribution >= 4 is 34.9 Å². The number of amides is 3. The van der Waals surface area contributed by atoms with E-state index in [1.54, 1.807) is 54.6 Å². The van der Waals surface area contributed by atoms with E-state index >= 15 is 0 Å². The van der Waals surface area contributed by atoms with Crippen molar-refractivity contribution < 1.29 is 27.9 Å². The lowest BCUT2D eigenvalue weighted by Crippen LogP contribution is -2.46. The fourth-order valence-corrected chi connectivity index (χ4v) is 4.91. The molecule has 0 aliphatic carbocycles. The summed E-state index contributed by atoms with van der Waals surface area (Å²) in [6, 6.07) is 20.6. The molecule has 2 atom stereocenters. The zero-order valence-electron chi connectivity index (χ0n) is 20.5. The minimum atomic E-state index is -1.06. The Balaban J connectivity index is 1.37. The van der Waals surface area contributed by atoms with E-state index in [4.69, 9.17) is 4.74 Å². The molecule has 0 spiro atoms. The second-order valence-corrected chi connectivity index (χ2v) is 9.85. The van der Waals surface area contributed by atoms with Crippen molar-refractivity contribution in [3.05, 3.63) is 124 Å². The summed E-state index contributed by atoms with van der Waals surface area (Å²) < 4.78 is 32.7. The van der Waals surface area contributed by atoms with Gasteiger partial charge in [-0.25, -0.2) is 13.6 Å². The molecule has 2 heterocycles. The highest BCUT2D eigenvalue weighted by molar-refractivity contribution is 7.12. The van der Waals surface area contributed by atoms with Gasteiger partial charge in [-0.15, -0.1) is 11.3 Å². The number of rotatable bonds is 8. The van der Waals surface area contributed by atoms with Gasteiger partial charge in [0.25, 0.3) is 5.91 Å². The smallest absolute Gasteiger partial charge is 0.411 e. The first kappa shape index (κ1) is 26.1. The van der Waals surface area contributed by atoms with Crippen LogP contribution >= 0.6 is 11.3 Å². The normalized spacial score (nSPS) is 16.6. The number of benzene rings is 3. The van der Waals surface area contributed by atoms with Gasteiger partial charge in [0.15, 0.2) is 12.1 Å². The lowest BCUT2D eigenvalue weighted by Gasteiger charge is -2.24. The van der Waals surface area contributed by atoms with Crippen LogP contribution in [0.5, 0.6) is 0 Å². The Bertz CT molecular complexity index is 1480. The molecule has 0 radical (unpaired) electrons. The second kappa shape index (κ2) is 11.4. The van der Waals surface area contributed by atoms with Crippen LogP contribution in [-0.4, -0.2) is 28.8 Å². The number of nitrogens with one attached hydrogen (secondary N) is 2. The van der Waals surface area contributed by atoms with E-state index < -0.39 is 35.8 Å². The molecule has 3 amide bonds. The van der Waals surface area contributed by atoms with E-state index in [-0.39, 0.29) is 19.0 Å². The molecule has 1 aliphatic rings. The summed E-state index contributed by atoms with van der Waals surface area (Å²) >= 11 is 1.32. The Labute approximate surface area is 227 Å². The van der Waals surface area contributed by atoms with Gasteiger partial charge < -0.3 is 15.4 Å². The number of anilines is 1. The van der Waals surface area contributed by atoms with Gasteiger partial charge in [0, 0.05) is 12.2 Å². The maximum atomic E-state index is 13.8.